The third-order valence-corrected chi connectivity index (χ3v) is 5.16. The molecule has 0 bridgehead atoms. The number of aryl methyl sites for hydroxylation is 1. The van der Waals surface area contributed by atoms with Crippen molar-refractivity contribution in [1.29, 1.82) is 0 Å². The zero-order valence-corrected chi connectivity index (χ0v) is 17.1. The van der Waals surface area contributed by atoms with Crippen molar-refractivity contribution in [1.82, 2.24) is 14.8 Å². The molecular formula is C21H19BrN4O2. The molecule has 2 aromatic carbocycles. The molecule has 142 valence electrons. The molecule has 0 aliphatic rings. The van der Waals surface area contributed by atoms with E-state index in [-0.39, 0.29) is 5.91 Å². The second-order valence-electron chi connectivity index (χ2n) is 6.33. The van der Waals surface area contributed by atoms with Crippen LogP contribution in [0.1, 0.15) is 17.3 Å². The summed E-state index contributed by atoms with van der Waals surface area (Å²) in [7, 11) is 1.66. The van der Waals surface area contributed by atoms with Crippen molar-refractivity contribution in [2.45, 2.75) is 13.5 Å². The van der Waals surface area contributed by atoms with Gasteiger partial charge in [0.15, 0.2) is 5.82 Å². The number of nitrogens with one attached hydrogen (secondary N) is 2. The van der Waals surface area contributed by atoms with E-state index in [1.165, 1.54) is 0 Å². The normalized spacial score (nSPS) is 11.0. The van der Waals surface area contributed by atoms with Gasteiger partial charge in [0.1, 0.15) is 5.75 Å². The minimum atomic E-state index is -0.202. The Bertz CT molecular complexity index is 1150. The molecular weight excluding hydrogens is 420 g/mol. The minimum Gasteiger partial charge on any atom is -0.497 e. The summed E-state index contributed by atoms with van der Waals surface area (Å²) in [6.07, 6.45) is 0. The van der Waals surface area contributed by atoms with Gasteiger partial charge in [0, 0.05) is 34.1 Å². The van der Waals surface area contributed by atoms with Gasteiger partial charge < -0.3 is 14.6 Å². The number of aromatic nitrogens is 3. The fourth-order valence-corrected chi connectivity index (χ4v) is 3.50. The molecule has 0 fully saturated rings. The summed E-state index contributed by atoms with van der Waals surface area (Å²) in [6, 6.07) is 17.1. The van der Waals surface area contributed by atoms with Gasteiger partial charge in [-0.15, -0.1) is 0 Å². The first-order chi connectivity index (χ1) is 13.6. The first kappa shape index (κ1) is 18.3. The van der Waals surface area contributed by atoms with Crippen LogP contribution in [-0.4, -0.2) is 27.8 Å². The standard InChI is InChI=1S/C21H19BrN4O2/c1-3-26-18-11-16(28-2)9-6-14(18)10-19(26)17-12-20(25-24-17)23-21(27)13-4-7-15(22)8-5-13/h4-12H,3H2,1-2H3,(H2,23,24,25,27). The van der Waals surface area contributed by atoms with Gasteiger partial charge in [0.05, 0.1) is 24.0 Å². The quantitative estimate of drug-likeness (QED) is 0.456. The number of aromatic amines is 1. The largest absolute Gasteiger partial charge is 0.497 e. The molecule has 6 nitrogen and oxygen atoms in total. The third-order valence-electron chi connectivity index (χ3n) is 4.63. The van der Waals surface area contributed by atoms with E-state index in [0.29, 0.717) is 11.4 Å². The smallest absolute Gasteiger partial charge is 0.256 e. The number of carbonyl (C=O) groups is 1. The Hall–Kier alpha value is -3.06. The molecule has 0 atom stereocenters. The molecule has 4 aromatic rings. The monoisotopic (exact) mass is 438 g/mol. The number of benzene rings is 2. The second kappa shape index (κ2) is 7.52. The highest BCUT2D eigenvalue weighted by atomic mass is 79.9. The van der Waals surface area contributed by atoms with Gasteiger partial charge in [0.25, 0.3) is 5.91 Å². The average Bonchev–Trinajstić information content (AvgIpc) is 3.31. The Morgan fingerprint density at radius 1 is 1.18 bits per heavy atom. The van der Waals surface area contributed by atoms with E-state index in [4.69, 9.17) is 4.74 Å². The van der Waals surface area contributed by atoms with Gasteiger partial charge in [-0.1, -0.05) is 15.9 Å². The lowest BCUT2D eigenvalue weighted by atomic mass is 10.2. The zero-order chi connectivity index (χ0) is 19.7. The molecule has 0 aliphatic heterocycles. The average molecular weight is 439 g/mol. The van der Waals surface area contributed by atoms with Crippen molar-refractivity contribution >= 4 is 38.6 Å². The molecule has 0 saturated carbocycles. The number of halogens is 1. The summed E-state index contributed by atoms with van der Waals surface area (Å²) in [6.45, 7) is 2.89. The predicted molar refractivity (Wildman–Crippen MR) is 114 cm³/mol. The summed E-state index contributed by atoms with van der Waals surface area (Å²) in [4.78, 5) is 12.4. The third kappa shape index (κ3) is 3.41. The highest BCUT2D eigenvalue weighted by Gasteiger charge is 2.14. The number of hydrogen-bond acceptors (Lipinski definition) is 3. The number of carbonyl (C=O) groups excluding carboxylic acids is 1. The number of H-pyrrole nitrogens is 1. The molecule has 2 aromatic heterocycles. The van der Waals surface area contributed by atoms with Crippen molar-refractivity contribution in [3.8, 4) is 17.1 Å². The topological polar surface area (TPSA) is 71.9 Å². The maximum Gasteiger partial charge on any atom is 0.256 e. The van der Waals surface area contributed by atoms with E-state index in [0.717, 1.165) is 39.1 Å². The van der Waals surface area contributed by atoms with E-state index < -0.39 is 0 Å². The summed E-state index contributed by atoms with van der Waals surface area (Å²) in [5.41, 5.74) is 3.50. The summed E-state index contributed by atoms with van der Waals surface area (Å²) < 4.78 is 8.46. The number of nitrogens with zero attached hydrogens (tertiary/aromatic N) is 2. The molecule has 2 heterocycles. The zero-order valence-electron chi connectivity index (χ0n) is 15.5. The molecule has 0 unspecified atom stereocenters. The molecule has 0 spiro atoms. The summed E-state index contributed by atoms with van der Waals surface area (Å²) in [5, 5.41) is 11.2. The van der Waals surface area contributed by atoms with Crippen molar-refractivity contribution in [3.05, 3.63) is 64.6 Å². The Balaban J connectivity index is 1.63. The van der Waals surface area contributed by atoms with E-state index in [2.05, 4.69) is 49.0 Å². The van der Waals surface area contributed by atoms with Crippen LogP contribution in [0.25, 0.3) is 22.3 Å². The van der Waals surface area contributed by atoms with Gasteiger partial charge in [0.2, 0.25) is 0 Å². The number of hydrogen-bond donors (Lipinski definition) is 2. The lowest BCUT2D eigenvalue weighted by Crippen LogP contribution is -2.11. The molecule has 2 N–H and O–H groups in total. The lowest BCUT2D eigenvalue weighted by Gasteiger charge is -2.07. The van der Waals surface area contributed by atoms with Crippen molar-refractivity contribution in [3.63, 3.8) is 0 Å². The first-order valence-corrected chi connectivity index (χ1v) is 9.68. The van der Waals surface area contributed by atoms with Gasteiger partial charge in [-0.3, -0.25) is 9.89 Å². The maximum absolute atomic E-state index is 12.4. The van der Waals surface area contributed by atoms with E-state index in [9.17, 15) is 4.79 Å². The van der Waals surface area contributed by atoms with Crippen molar-refractivity contribution in [2.75, 3.05) is 12.4 Å². The Labute approximate surface area is 170 Å². The van der Waals surface area contributed by atoms with Gasteiger partial charge in [-0.2, -0.15) is 5.10 Å². The van der Waals surface area contributed by atoms with Crippen LogP contribution in [-0.2, 0) is 6.54 Å². The molecule has 7 heteroatoms. The van der Waals surface area contributed by atoms with Crippen LogP contribution in [0.4, 0.5) is 5.82 Å². The highest BCUT2D eigenvalue weighted by Crippen LogP contribution is 2.30. The van der Waals surface area contributed by atoms with Gasteiger partial charge >= 0.3 is 0 Å². The molecule has 0 saturated heterocycles. The van der Waals surface area contributed by atoms with E-state index >= 15 is 0 Å². The van der Waals surface area contributed by atoms with Crippen molar-refractivity contribution in [2.24, 2.45) is 0 Å². The number of fused-ring (bicyclic) bond motifs is 1. The molecule has 0 radical (unpaired) electrons. The molecule has 1 amide bonds. The van der Waals surface area contributed by atoms with Gasteiger partial charge in [-0.05, 0) is 49.4 Å². The lowest BCUT2D eigenvalue weighted by molar-refractivity contribution is 0.102. The number of amides is 1. The summed E-state index contributed by atoms with van der Waals surface area (Å²) in [5.74, 6) is 1.10. The Morgan fingerprint density at radius 3 is 2.68 bits per heavy atom. The van der Waals surface area contributed by atoms with Crippen LogP contribution in [0.3, 0.4) is 0 Å². The van der Waals surface area contributed by atoms with Crippen molar-refractivity contribution < 1.29 is 9.53 Å². The highest BCUT2D eigenvalue weighted by molar-refractivity contribution is 9.10. The predicted octanol–water partition coefficient (Wildman–Crippen LogP) is 5.07. The number of ether oxygens (including phenoxy) is 1. The SMILES string of the molecule is CCn1c(-c2cc(NC(=O)c3ccc(Br)cc3)n[nH]2)cc2ccc(OC)cc21. The van der Waals surface area contributed by atoms with E-state index in [1.54, 1.807) is 19.2 Å². The second-order valence-corrected chi connectivity index (χ2v) is 7.24. The minimum absolute atomic E-state index is 0.202. The molecule has 0 aliphatic carbocycles. The Morgan fingerprint density at radius 2 is 1.96 bits per heavy atom. The fourth-order valence-electron chi connectivity index (χ4n) is 3.23. The fraction of sp³-hybridized carbons (Fsp3) is 0.143. The van der Waals surface area contributed by atoms with Crippen LogP contribution < -0.4 is 10.1 Å². The van der Waals surface area contributed by atoms with Crippen LogP contribution in [0.5, 0.6) is 5.75 Å². The van der Waals surface area contributed by atoms with Gasteiger partial charge in [-0.25, -0.2) is 0 Å². The van der Waals surface area contributed by atoms with Crippen LogP contribution in [0, 0.1) is 0 Å². The molecule has 28 heavy (non-hydrogen) atoms. The maximum atomic E-state index is 12.4. The van der Waals surface area contributed by atoms with Crippen LogP contribution in [0.15, 0.2) is 59.1 Å². The first-order valence-electron chi connectivity index (χ1n) is 8.89. The Kier molecular flexibility index (Phi) is 4.92. The number of anilines is 1. The molecule has 4 rings (SSSR count). The number of rotatable bonds is 5. The van der Waals surface area contributed by atoms with Crippen LogP contribution >= 0.6 is 15.9 Å². The van der Waals surface area contributed by atoms with Crippen LogP contribution in [0.2, 0.25) is 0 Å². The van der Waals surface area contributed by atoms with E-state index in [1.807, 2.05) is 36.4 Å². The number of methoxy groups -OCH3 is 1. The summed E-state index contributed by atoms with van der Waals surface area (Å²) >= 11 is 3.37.